The van der Waals surface area contributed by atoms with E-state index in [1.165, 1.54) is 6.07 Å². The first-order chi connectivity index (χ1) is 14.5. The van der Waals surface area contributed by atoms with Crippen LogP contribution in [0.15, 0.2) is 66.1 Å². The summed E-state index contributed by atoms with van der Waals surface area (Å²) in [5.74, 6) is 0.577. The molecule has 0 aliphatic rings. The first-order valence-corrected chi connectivity index (χ1v) is 9.93. The number of aromatic nitrogens is 5. The van der Waals surface area contributed by atoms with Gasteiger partial charge in [-0.1, -0.05) is 24.3 Å². The highest BCUT2D eigenvalue weighted by Crippen LogP contribution is 2.30. The Morgan fingerprint density at radius 1 is 0.967 bits per heavy atom. The molecule has 0 radical (unpaired) electrons. The van der Waals surface area contributed by atoms with Crippen LogP contribution >= 0.6 is 0 Å². The molecule has 0 amide bonds. The Hall–Kier alpha value is -3.61. The summed E-state index contributed by atoms with van der Waals surface area (Å²) in [7, 11) is 3.65. The summed E-state index contributed by atoms with van der Waals surface area (Å²) in [5.41, 5.74) is 5.04. The highest BCUT2D eigenvalue weighted by atomic mass is 16.5. The van der Waals surface area contributed by atoms with E-state index in [1.807, 2.05) is 43.4 Å². The molecule has 7 heteroatoms. The topological polar surface area (TPSA) is 66.9 Å². The van der Waals surface area contributed by atoms with Gasteiger partial charge in [0, 0.05) is 55.4 Å². The van der Waals surface area contributed by atoms with Crippen LogP contribution in [0.1, 0.15) is 25.5 Å². The Morgan fingerprint density at radius 3 is 2.37 bits per heavy atom. The Morgan fingerprint density at radius 2 is 1.70 bits per heavy atom. The summed E-state index contributed by atoms with van der Waals surface area (Å²) in [6, 6.07) is 10.0. The zero-order chi connectivity index (χ0) is 21.3. The molecular formula is C23H25N5O2. The third-order valence-electron chi connectivity index (χ3n) is 5.23. The molecule has 1 atom stereocenters. The molecule has 3 heterocycles. The molecule has 0 spiro atoms. The van der Waals surface area contributed by atoms with Crippen LogP contribution in [-0.2, 0) is 14.1 Å². The highest BCUT2D eigenvalue weighted by molar-refractivity contribution is 5.68. The van der Waals surface area contributed by atoms with Gasteiger partial charge in [0.1, 0.15) is 5.75 Å². The molecule has 0 fully saturated rings. The Bertz CT molecular complexity index is 1220. The van der Waals surface area contributed by atoms with Crippen molar-refractivity contribution >= 4 is 0 Å². The van der Waals surface area contributed by atoms with Crippen molar-refractivity contribution < 1.29 is 4.74 Å². The molecular weight excluding hydrogens is 378 g/mol. The van der Waals surface area contributed by atoms with Crippen molar-refractivity contribution in [3.05, 3.63) is 77.2 Å². The summed E-state index contributed by atoms with van der Waals surface area (Å²) in [5, 5.41) is 8.80. The third kappa shape index (κ3) is 3.78. The van der Waals surface area contributed by atoms with Gasteiger partial charge in [-0.2, -0.15) is 10.2 Å². The number of aryl methyl sites for hydroxylation is 2. The number of hydrogen-bond donors (Lipinski definition) is 0. The number of hydrogen-bond acceptors (Lipinski definition) is 4. The molecule has 0 N–H and O–H groups in total. The quantitative estimate of drug-likeness (QED) is 0.493. The maximum atomic E-state index is 12.0. The van der Waals surface area contributed by atoms with E-state index in [-0.39, 0.29) is 11.6 Å². The van der Waals surface area contributed by atoms with Gasteiger partial charge in [0.05, 0.1) is 25.0 Å². The van der Waals surface area contributed by atoms with Gasteiger partial charge in [0.25, 0.3) is 5.56 Å². The number of ether oxygens (including phenoxy) is 1. The van der Waals surface area contributed by atoms with E-state index < -0.39 is 0 Å². The molecule has 1 unspecified atom stereocenters. The van der Waals surface area contributed by atoms with Gasteiger partial charge in [-0.3, -0.25) is 14.2 Å². The fourth-order valence-corrected chi connectivity index (χ4v) is 3.47. The molecule has 0 aliphatic carbocycles. The van der Waals surface area contributed by atoms with E-state index in [4.69, 9.17) is 4.74 Å². The van der Waals surface area contributed by atoms with Crippen LogP contribution in [0, 0.1) is 0 Å². The van der Waals surface area contributed by atoms with Gasteiger partial charge in [0.15, 0.2) is 0 Å². The van der Waals surface area contributed by atoms with Crippen molar-refractivity contribution in [3.8, 4) is 28.0 Å². The van der Waals surface area contributed by atoms with Crippen molar-refractivity contribution in [1.29, 1.82) is 0 Å². The van der Waals surface area contributed by atoms with Crippen molar-refractivity contribution in [3.63, 3.8) is 0 Å². The van der Waals surface area contributed by atoms with E-state index in [0.29, 0.717) is 12.4 Å². The smallest absolute Gasteiger partial charge is 0.254 e. The average Bonchev–Trinajstić information content (AvgIpc) is 3.40. The molecule has 0 bridgehead atoms. The van der Waals surface area contributed by atoms with Crippen molar-refractivity contribution in [2.75, 3.05) is 6.61 Å². The minimum atomic E-state index is -0.100. The number of rotatable bonds is 6. The Kier molecular flexibility index (Phi) is 5.27. The summed E-state index contributed by atoms with van der Waals surface area (Å²) >= 11 is 0. The predicted octanol–water partition coefficient (Wildman–Crippen LogP) is 3.66. The number of nitrogens with zero attached hydrogens (tertiary/aromatic N) is 5. The number of benzene rings is 1. The lowest BCUT2D eigenvalue weighted by molar-refractivity contribution is 0.340. The molecule has 154 valence electrons. The minimum absolute atomic E-state index is 0.0600. The molecule has 3 aromatic heterocycles. The van der Waals surface area contributed by atoms with E-state index in [9.17, 15) is 4.79 Å². The van der Waals surface area contributed by atoms with Crippen molar-refractivity contribution in [2.45, 2.75) is 19.9 Å². The van der Waals surface area contributed by atoms with Crippen LogP contribution in [0.4, 0.5) is 0 Å². The lowest BCUT2D eigenvalue weighted by atomic mass is 10.0. The second kappa shape index (κ2) is 8.02. The fraction of sp³-hybridized carbons (Fsp3) is 0.261. The molecule has 30 heavy (non-hydrogen) atoms. The zero-order valence-electron chi connectivity index (χ0n) is 17.6. The SMILES string of the molecule is CCOc1cc(=O)n(C)cc1-c1cnn(C(C)c2ccc(-c3cnn(C)c3)cc2)c1. The van der Waals surface area contributed by atoms with Gasteiger partial charge in [-0.05, 0) is 25.0 Å². The van der Waals surface area contributed by atoms with E-state index in [0.717, 1.165) is 27.8 Å². The summed E-state index contributed by atoms with van der Waals surface area (Å²) in [4.78, 5) is 12.0. The van der Waals surface area contributed by atoms with Gasteiger partial charge in [0.2, 0.25) is 0 Å². The standard InChI is InChI=1S/C23H25N5O2/c1-5-30-22-10-23(29)26(3)15-21(22)20-12-25-28(14-20)16(2)17-6-8-18(9-7-17)19-11-24-27(4)13-19/h6-16H,5H2,1-4H3. The van der Waals surface area contributed by atoms with E-state index in [1.54, 1.807) is 22.5 Å². The van der Waals surface area contributed by atoms with Gasteiger partial charge in [-0.15, -0.1) is 0 Å². The second-order valence-electron chi connectivity index (χ2n) is 7.34. The molecule has 0 saturated carbocycles. The summed E-state index contributed by atoms with van der Waals surface area (Å²) in [6.07, 6.45) is 9.45. The monoisotopic (exact) mass is 403 g/mol. The van der Waals surface area contributed by atoms with Crippen molar-refractivity contribution in [2.24, 2.45) is 14.1 Å². The van der Waals surface area contributed by atoms with Crippen LogP contribution in [0.5, 0.6) is 5.75 Å². The molecule has 0 saturated heterocycles. The lowest BCUT2D eigenvalue weighted by Gasteiger charge is -2.13. The highest BCUT2D eigenvalue weighted by Gasteiger charge is 2.14. The summed E-state index contributed by atoms with van der Waals surface area (Å²) in [6.45, 7) is 4.51. The first kappa shape index (κ1) is 19.7. The third-order valence-corrected chi connectivity index (χ3v) is 5.23. The fourth-order valence-electron chi connectivity index (χ4n) is 3.47. The second-order valence-corrected chi connectivity index (χ2v) is 7.34. The average molecular weight is 403 g/mol. The Balaban J connectivity index is 1.61. The normalized spacial score (nSPS) is 12.1. The van der Waals surface area contributed by atoms with Crippen LogP contribution < -0.4 is 10.3 Å². The molecule has 7 nitrogen and oxygen atoms in total. The van der Waals surface area contributed by atoms with Crippen LogP contribution in [0.2, 0.25) is 0 Å². The zero-order valence-corrected chi connectivity index (χ0v) is 17.6. The molecule has 1 aromatic carbocycles. The largest absolute Gasteiger partial charge is 0.493 e. The first-order valence-electron chi connectivity index (χ1n) is 9.93. The van der Waals surface area contributed by atoms with Crippen LogP contribution in [0.25, 0.3) is 22.3 Å². The summed E-state index contributed by atoms with van der Waals surface area (Å²) < 4.78 is 11.0. The van der Waals surface area contributed by atoms with Crippen molar-refractivity contribution in [1.82, 2.24) is 24.1 Å². The molecule has 0 aliphatic heterocycles. The Labute approximate surface area is 175 Å². The maximum Gasteiger partial charge on any atom is 0.254 e. The van der Waals surface area contributed by atoms with Gasteiger partial charge in [-0.25, -0.2) is 0 Å². The van der Waals surface area contributed by atoms with Gasteiger partial charge >= 0.3 is 0 Å². The van der Waals surface area contributed by atoms with Crippen LogP contribution in [0.3, 0.4) is 0 Å². The number of pyridine rings is 1. The van der Waals surface area contributed by atoms with E-state index >= 15 is 0 Å². The lowest BCUT2D eigenvalue weighted by Crippen LogP contribution is -2.15. The van der Waals surface area contributed by atoms with Gasteiger partial charge < -0.3 is 9.30 Å². The molecule has 4 aromatic rings. The maximum absolute atomic E-state index is 12.0. The minimum Gasteiger partial charge on any atom is -0.493 e. The molecule has 4 rings (SSSR count). The predicted molar refractivity (Wildman–Crippen MR) is 117 cm³/mol. The van der Waals surface area contributed by atoms with E-state index in [2.05, 4.69) is 41.4 Å². The van der Waals surface area contributed by atoms with Crippen LogP contribution in [-0.4, -0.2) is 30.7 Å².